The number of esters is 1. The third kappa shape index (κ3) is 2.75. The fourth-order valence-electron chi connectivity index (χ4n) is 2.45. The van der Waals surface area contributed by atoms with Crippen LogP contribution in [0.15, 0.2) is 0 Å². The van der Waals surface area contributed by atoms with Gasteiger partial charge >= 0.3 is 5.97 Å². The first-order valence-electron chi connectivity index (χ1n) is 6.21. The number of aromatic nitrogens is 1. The summed E-state index contributed by atoms with van der Waals surface area (Å²) in [4.78, 5) is 11.6. The van der Waals surface area contributed by atoms with Crippen LogP contribution < -0.4 is 11.1 Å². The molecular formula is C12H19N3O2S. The molecule has 1 heterocycles. The lowest BCUT2D eigenvalue weighted by atomic mass is 9.87. The molecular weight excluding hydrogens is 250 g/mol. The summed E-state index contributed by atoms with van der Waals surface area (Å²) < 4.78 is 8.76. The van der Waals surface area contributed by atoms with Gasteiger partial charge in [-0.2, -0.15) is 4.37 Å². The molecule has 2 unspecified atom stereocenters. The normalized spacial score (nSPS) is 23.7. The van der Waals surface area contributed by atoms with Crippen molar-refractivity contribution in [1.82, 2.24) is 4.37 Å². The van der Waals surface area contributed by atoms with E-state index in [-0.39, 0.29) is 5.82 Å². The Balaban J connectivity index is 2.11. The minimum absolute atomic E-state index is 0.248. The van der Waals surface area contributed by atoms with Gasteiger partial charge in [0.05, 0.1) is 7.11 Å². The maximum absolute atomic E-state index is 11.6. The molecule has 1 aliphatic rings. The molecule has 0 spiro atoms. The number of rotatable bonds is 3. The lowest BCUT2D eigenvalue weighted by molar-refractivity contribution is 0.0603. The van der Waals surface area contributed by atoms with Crippen molar-refractivity contribution in [3.63, 3.8) is 0 Å². The molecule has 0 saturated heterocycles. The Morgan fingerprint density at radius 2 is 2.33 bits per heavy atom. The Morgan fingerprint density at radius 3 is 3.00 bits per heavy atom. The summed E-state index contributed by atoms with van der Waals surface area (Å²) in [6, 6.07) is 0.400. The number of hydrogen-bond acceptors (Lipinski definition) is 6. The van der Waals surface area contributed by atoms with Crippen molar-refractivity contribution in [1.29, 1.82) is 0 Å². The Labute approximate surface area is 111 Å². The van der Waals surface area contributed by atoms with Gasteiger partial charge < -0.3 is 15.8 Å². The molecule has 3 N–H and O–H groups in total. The molecule has 100 valence electrons. The molecule has 1 aliphatic carbocycles. The van der Waals surface area contributed by atoms with E-state index in [0.717, 1.165) is 23.8 Å². The van der Waals surface area contributed by atoms with E-state index in [4.69, 9.17) is 10.5 Å². The fourth-order valence-corrected chi connectivity index (χ4v) is 3.23. The molecule has 0 aliphatic heterocycles. The topological polar surface area (TPSA) is 77.2 Å². The molecule has 1 aromatic heterocycles. The number of methoxy groups -OCH3 is 1. The number of ether oxygens (including phenoxy) is 1. The fraction of sp³-hybridized carbons (Fsp3) is 0.667. The molecule has 18 heavy (non-hydrogen) atoms. The number of nitrogens with one attached hydrogen (secondary N) is 1. The highest BCUT2D eigenvalue weighted by Gasteiger charge is 2.24. The number of nitrogen functional groups attached to an aromatic ring is 1. The Morgan fingerprint density at radius 1 is 1.56 bits per heavy atom. The minimum atomic E-state index is -0.424. The highest BCUT2D eigenvalue weighted by Crippen LogP contribution is 2.32. The van der Waals surface area contributed by atoms with Crippen LogP contribution in [0.5, 0.6) is 0 Å². The van der Waals surface area contributed by atoms with Crippen LogP contribution in [0.1, 0.15) is 43.0 Å². The van der Waals surface area contributed by atoms with Crippen LogP contribution >= 0.6 is 11.5 Å². The van der Waals surface area contributed by atoms with E-state index in [9.17, 15) is 4.79 Å². The average Bonchev–Trinajstić information content (AvgIpc) is 2.70. The Bertz CT molecular complexity index is 433. The number of nitrogens with zero attached hydrogens (tertiary/aromatic N) is 1. The summed E-state index contributed by atoms with van der Waals surface area (Å²) in [7, 11) is 1.35. The van der Waals surface area contributed by atoms with Gasteiger partial charge in [0.2, 0.25) is 0 Å². The number of hydrogen-bond donors (Lipinski definition) is 2. The van der Waals surface area contributed by atoms with Gasteiger partial charge in [0.1, 0.15) is 10.6 Å². The molecule has 0 aromatic carbocycles. The van der Waals surface area contributed by atoms with E-state index < -0.39 is 5.97 Å². The van der Waals surface area contributed by atoms with Crippen molar-refractivity contribution < 1.29 is 9.53 Å². The van der Waals surface area contributed by atoms with Gasteiger partial charge in [0.25, 0.3) is 0 Å². The van der Waals surface area contributed by atoms with E-state index in [2.05, 4.69) is 16.6 Å². The zero-order chi connectivity index (χ0) is 13.1. The van der Waals surface area contributed by atoms with Gasteiger partial charge in [-0.1, -0.05) is 19.8 Å². The predicted molar refractivity (Wildman–Crippen MR) is 72.9 cm³/mol. The van der Waals surface area contributed by atoms with E-state index in [1.807, 2.05) is 0 Å². The molecule has 2 rings (SSSR count). The maximum Gasteiger partial charge on any atom is 0.344 e. The maximum atomic E-state index is 11.6. The highest BCUT2D eigenvalue weighted by molar-refractivity contribution is 7.11. The zero-order valence-corrected chi connectivity index (χ0v) is 11.5. The highest BCUT2D eigenvalue weighted by atomic mass is 32.1. The summed E-state index contributed by atoms with van der Waals surface area (Å²) in [5.74, 6) is 0.550. The smallest absolute Gasteiger partial charge is 0.344 e. The van der Waals surface area contributed by atoms with Crippen LogP contribution in [0.2, 0.25) is 0 Å². The zero-order valence-electron chi connectivity index (χ0n) is 10.7. The standard InChI is InChI=1S/C12H19N3O2S/c1-7-4-3-5-8(6-7)14-11-9(12(16)17-2)10(13)15-18-11/h7-8,14H,3-6H2,1-2H3,(H2,13,15). The van der Waals surface area contributed by atoms with Crippen molar-refractivity contribution in [3.8, 4) is 0 Å². The van der Waals surface area contributed by atoms with Gasteiger partial charge in [-0.3, -0.25) is 0 Å². The third-order valence-electron chi connectivity index (χ3n) is 3.38. The SMILES string of the molecule is COC(=O)c1c(N)nsc1NC1CCCC(C)C1. The van der Waals surface area contributed by atoms with Crippen molar-refractivity contribution >= 4 is 28.3 Å². The second kappa shape index (κ2) is 5.56. The first-order valence-corrected chi connectivity index (χ1v) is 6.99. The number of carbonyl (C=O) groups is 1. The largest absolute Gasteiger partial charge is 0.465 e. The summed E-state index contributed by atoms with van der Waals surface area (Å²) in [6.07, 6.45) is 4.76. The average molecular weight is 269 g/mol. The summed E-state index contributed by atoms with van der Waals surface area (Å²) in [5, 5.41) is 4.13. The lowest BCUT2D eigenvalue weighted by Gasteiger charge is -2.27. The lowest BCUT2D eigenvalue weighted by Crippen LogP contribution is -2.26. The molecule has 0 bridgehead atoms. The van der Waals surface area contributed by atoms with Crippen molar-refractivity contribution in [3.05, 3.63) is 5.56 Å². The molecule has 2 atom stereocenters. The molecule has 1 aromatic rings. The van der Waals surface area contributed by atoms with E-state index in [0.29, 0.717) is 11.6 Å². The minimum Gasteiger partial charge on any atom is -0.465 e. The van der Waals surface area contributed by atoms with E-state index in [1.54, 1.807) is 0 Å². The van der Waals surface area contributed by atoms with Gasteiger partial charge in [-0.05, 0) is 30.3 Å². The quantitative estimate of drug-likeness (QED) is 0.824. The van der Waals surface area contributed by atoms with E-state index >= 15 is 0 Å². The van der Waals surface area contributed by atoms with Gasteiger partial charge in [-0.15, -0.1) is 0 Å². The van der Waals surface area contributed by atoms with Crippen molar-refractivity contribution in [2.75, 3.05) is 18.2 Å². The van der Waals surface area contributed by atoms with Gasteiger partial charge in [-0.25, -0.2) is 4.79 Å². The Kier molecular flexibility index (Phi) is 4.06. The van der Waals surface area contributed by atoms with Crippen LogP contribution in [0.4, 0.5) is 10.8 Å². The predicted octanol–water partition coefficient (Wildman–Crippen LogP) is 2.50. The third-order valence-corrected chi connectivity index (χ3v) is 4.17. The van der Waals surface area contributed by atoms with Gasteiger partial charge in [0.15, 0.2) is 5.82 Å². The van der Waals surface area contributed by atoms with Crippen LogP contribution in [0, 0.1) is 5.92 Å². The van der Waals surface area contributed by atoms with E-state index in [1.165, 1.54) is 31.5 Å². The number of anilines is 2. The summed E-state index contributed by atoms with van der Waals surface area (Å²) in [5.41, 5.74) is 6.08. The molecule has 5 nitrogen and oxygen atoms in total. The van der Waals surface area contributed by atoms with Gasteiger partial charge in [0, 0.05) is 6.04 Å². The van der Waals surface area contributed by atoms with Crippen LogP contribution in [0.25, 0.3) is 0 Å². The van der Waals surface area contributed by atoms with Crippen LogP contribution in [-0.2, 0) is 4.74 Å². The number of carbonyl (C=O) groups excluding carboxylic acids is 1. The monoisotopic (exact) mass is 269 g/mol. The van der Waals surface area contributed by atoms with Crippen molar-refractivity contribution in [2.45, 2.75) is 38.6 Å². The second-order valence-electron chi connectivity index (χ2n) is 4.88. The molecule has 1 saturated carbocycles. The first kappa shape index (κ1) is 13.1. The molecule has 0 amide bonds. The summed E-state index contributed by atoms with van der Waals surface area (Å²) >= 11 is 1.23. The molecule has 0 radical (unpaired) electrons. The first-order chi connectivity index (χ1) is 8.61. The van der Waals surface area contributed by atoms with Crippen LogP contribution in [-0.4, -0.2) is 23.5 Å². The number of nitrogens with two attached hydrogens (primary N) is 1. The second-order valence-corrected chi connectivity index (χ2v) is 5.65. The summed E-state index contributed by atoms with van der Waals surface area (Å²) in [6.45, 7) is 2.26. The molecule has 6 heteroatoms. The molecule has 1 fully saturated rings. The van der Waals surface area contributed by atoms with Crippen LogP contribution in [0.3, 0.4) is 0 Å². The van der Waals surface area contributed by atoms with Crippen molar-refractivity contribution in [2.24, 2.45) is 5.92 Å². The Hall–Kier alpha value is -1.30.